The summed E-state index contributed by atoms with van der Waals surface area (Å²) in [7, 11) is 1.86. The molecule has 0 bridgehead atoms. The van der Waals surface area contributed by atoms with Crippen molar-refractivity contribution in [2.45, 2.75) is 32.2 Å². The molecule has 2 atom stereocenters. The van der Waals surface area contributed by atoms with Crippen LogP contribution in [0.4, 0.5) is 5.69 Å². The fourth-order valence-electron chi connectivity index (χ4n) is 3.47. The van der Waals surface area contributed by atoms with Gasteiger partial charge in [-0.25, -0.2) is 0 Å². The average Bonchev–Trinajstić information content (AvgIpc) is 3.23. The van der Waals surface area contributed by atoms with Gasteiger partial charge >= 0.3 is 0 Å². The van der Waals surface area contributed by atoms with E-state index < -0.39 is 0 Å². The van der Waals surface area contributed by atoms with Crippen molar-refractivity contribution in [1.29, 1.82) is 0 Å². The maximum absolute atomic E-state index is 12.7. The summed E-state index contributed by atoms with van der Waals surface area (Å²) in [6, 6.07) is 8.32. The molecule has 1 aromatic rings. The van der Waals surface area contributed by atoms with Gasteiger partial charge in [-0.3, -0.25) is 9.59 Å². The first-order valence-corrected chi connectivity index (χ1v) is 8.47. The Morgan fingerprint density at radius 3 is 2.62 bits per heavy atom. The van der Waals surface area contributed by atoms with Crippen LogP contribution in [0.25, 0.3) is 0 Å². The van der Waals surface area contributed by atoms with E-state index in [0.29, 0.717) is 13.0 Å². The first-order valence-electron chi connectivity index (χ1n) is 8.47. The van der Waals surface area contributed by atoms with Crippen LogP contribution < -0.4 is 10.2 Å². The Morgan fingerprint density at radius 1 is 1.33 bits per heavy atom. The molecule has 0 radical (unpaired) electrons. The molecule has 2 heterocycles. The quantitative estimate of drug-likeness (QED) is 0.900. The summed E-state index contributed by atoms with van der Waals surface area (Å²) in [5.74, 6) is -0.0794. The van der Waals surface area contributed by atoms with Gasteiger partial charge in [0, 0.05) is 38.3 Å². The number of hydrogen-bond acceptors (Lipinski definition) is 3. The highest BCUT2D eigenvalue weighted by molar-refractivity contribution is 6.00. The fourth-order valence-corrected chi connectivity index (χ4v) is 3.47. The lowest BCUT2D eigenvalue weighted by Crippen LogP contribution is -2.42. The van der Waals surface area contributed by atoms with Gasteiger partial charge in [-0.1, -0.05) is 19.1 Å². The summed E-state index contributed by atoms with van der Waals surface area (Å²) in [5.41, 5.74) is 2.15. The number of nitrogens with one attached hydrogen (secondary N) is 1. The third kappa shape index (κ3) is 3.73. The smallest absolute Gasteiger partial charge is 0.228 e. The van der Waals surface area contributed by atoms with Crippen LogP contribution in [0.1, 0.15) is 25.3 Å². The third-order valence-electron chi connectivity index (χ3n) is 5.06. The van der Waals surface area contributed by atoms with Gasteiger partial charge in [0.25, 0.3) is 0 Å². The minimum Gasteiger partial charge on any atom is -0.341 e. The van der Waals surface area contributed by atoms with Gasteiger partial charge in [-0.05, 0) is 37.1 Å². The van der Waals surface area contributed by atoms with E-state index in [1.54, 1.807) is 4.90 Å². The maximum atomic E-state index is 12.7. The molecule has 1 aromatic carbocycles. The van der Waals surface area contributed by atoms with Crippen LogP contribution in [0.2, 0.25) is 0 Å². The van der Waals surface area contributed by atoms with Gasteiger partial charge in [0.1, 0.15) is 0 Å². The van der Waals surface area contributed by atoms with Gasteiger partial charge in [0.2, 0.25) is 11.8 Å². The predicted molar refractivity (Wildman–Crippen MR) is 97.6 cm³/mol. The van der Waals surface area contributed by atoms with E-state index in [1.165, 1.54) is 5.56 Å². The molecule has 3 rings (SSSR count). The second-order valence-corrected chi connectivity index (χ2v) is 6.52. The molecule has 2 fully saturated rings. The van der Waals surface area contributed by atoms with Crippen molar-refractivity contribution in [2.24, 2.45) is 5.92 Å². The molecule has 0 saturated carbocycles. The molecule has 5 nitrogen and oxygen atoms in total. The van der Waals surface area contributed by atoms with E-state index in [-0.39, 0.29) is 36.2 Å². The Morgan fingerprint density at radius 2 is 2.04 bits per heavy atom. The Balaban J connectivity index is 0.00000208. The van der Waals surface area contributed by atoms with E-state index in [4.69, 9.17) is 0 Å². The zero-order chi connectivity index (χ0) is 16.4. The van der Waals surface area contributed by atoms with E-state index in [2.05, 4.69) is 12.2 Å². The molecule has 0 aromatic heterocycles. The molecule has 0 spiro atoms. The summed E-state index contributed by atoms with van der Waals surface area (Å²) in [4.78, 5) is 28.6. The van der Waals surface area contributed by atoms with Crippen molar-refractivity contribution in [1.82, 2.24) is 10.2 Å². The fraction of sp³-hybridized carbons (Fsp3) is 0.556. The first kappa shape index (κ1) is 18.7. The summed E-state index contributed by atoms with van der Waals surface area (Å²) in [5, 5.41) is 3.28. The van der Waals surface area contributed by atoms with Crippen LogP contribution >= 0.6 is 12.4 Å². The van der Waals surface area contributed by atoms with Crippen LogP contribution in [0.5, 0.6) is 0 Å². The number of hydrogen-bond donors (Lipinski definition) is 1. The van der Waals surface area contributed by atoms with E-state index >= 15 is 0 Å². The lowest BCUT2D eigenvalue weighted by Gasteiger charge is -2.26. The monoisotopic (exact) mass is 351 g/mol. The van der Waals surface area contributed by atoms with E-state index in [9.17, 15) is 9.59 Å². The average molecular weight is 352 g/mol. The molecule has 2 unspecified atom stereocenters. The van der Waals surface area contributed by atoms with E-state index in [0.717, 1.165) is 31.6 Å². The minimum atomic E-state index is -0.223. The second-order valence-electron chi connectivity index (χ2n) is 6.52. The normalized spacial score (nSPS) is 23.2. The van der Waals surface area contributed by atoms with Crippen LogP contribution in [0.15, 0.2) is 24.3 Å². The van der Waals surface area contributed by atoms with E-state index in [1.807, 2.05) is 36.2 Å². The van der Waals surface area contributed by atoms with Crippen molar-refractivity contribution in [3.8, 4) is 0 Å². The van der Waals surface area contributed by atoms with Crippen molar-refractivity contribution >= 4 is 29.9 Å². The molecule has 2 aliphatic rings. The van der Waals surface area contributed by atoms with Crippen LogP contribution in [0.3, 0.4) is 0 Å². The number of halogens is 1. The second kappa shape index (κ2) is 7.99. The number of anilines is 1. The van der Waals surface area contributed by atoms with Crippen molar-refractivity contribution in [3.63, 3.8) is 0 Å². The van der Waals surface area contributed by atoms with Gasteiger partial charge in [0.05, 0.1) is 5.92 Å². The van der Waals surface area contributed by atoms with Gasteiger partial charge < -0.3 is 15.1 Å². The number of carbonyl (C=O) groups is 2. The number of likely N-dealkylation sites (N-methyl/N-ethyl adjacent to an activating group) is 1. The Labute approximate surface area is 149 Å². The van der Waals surface area contributed by atoms with Crippen LogP contribution in [-0.4, -0.2) is 49.4 Å². The number of rotatable bonds is 4. The highest BCUT2D eigenvalue weighted by Gasteiger charge is 2.38. The molecule has 2 saturated heterocycles. The molecule has 2 amide bonds. The number of carbonyl (C=O) groups excluding carboxylic acids is 2. The molecule has 2 aliphatic heterocycles. The summed E-state index contributed by atoms with van der Waals surface area (Å²) in [6.07, 6.45) is 2.29. The number of aryl methyl sites for hydroxylation is 1. The minimum absolute atomic E-state index is 0. The summed E-state index contributed by atoms with van der Waals surface area (Å²) < 4.78 is 0. The van der Waals surface area contributed by atoms with Gasteiger partial charge in [0.15, 0.2) is 0 Å². The largest absolute Gasteiger partial charge is 0.341 e. The van der Waals surface area contributed by atoms with Gasteiger partial charge in [-0.2, -0.15) is 0 Å². The zero-order valence-electron chi connectivity index (χ0n) is 14.3. The summed E-state index contributed by atoms with van der Waals surface area (Å²) in [6.45, 7) is 4.42. The first-order chi connectivity index (χ1) is 11.1. The highest BCUT2D eigenvalue weighted by atomic mass is 35.5. The molecule has 6 heteroatoms. The third-order valence-corrected chi connectivity index (χ3v) is 5.06. The zero-order valence-corrected chi connectivity index (χ0v) is 15.1. The number of amides is 2. The summed E-state index contributed by atoms with van der Waals surface area (Å²) >= 11 is 0. The molecule has 132 valence electrons. The van der Waals surface area contributed by atoms with Crippen molar-refractivity contribution in [2.75, 3.05) is 31.6 Å². The van der Waals surface area contributed by atoms with Crippen LogP contribution in [-0.2, 0) is 16.0 Å². The SMILES string of the molecule is CCc1ccc(N2CC(C(=O)N(C)C3CCNC3)CC2=O)cc1.Cl. The molecule has 0 aliphatic carbocycles. The van der Waals surface area contributed by atoms with Crippen molar-refractivity contribution in [3.05, 3.63) is 29.8 Å². The lowest BCUT2D eigenvalue weighted by molar-refractivity contribution is -0.136. The molecular weight excluding hydrogens is 326 g/mol. The number of nitrogens with zero attached hydrogens (tertiary/aromatic N) is 2. The Bertz CT molecular complexity index is 584. The topological polar surface area (TPSA) is 52.7 Å². The lowest BCUT2D eigenvalue weighted by atomic mass is 10.1. The van der Waals surface area contributed by atoms with Crippen LogP contribution in [0, 0.1) is 5.92 Å². The predicted octanol–water partition coefficient (Wildman–Crippen LogP) is 1.84. The van der Waals surface area contributed by atoms with Crippen molar-refractivity contribution < 1.29 is 9.59 Å². The number of benzene rings is 1. The highest BCUT2D eigenvalue weighted by Crippen LogP contribution is 2.27. The standard InChI is InChI=1S/C18H25N3O2.ClH/c1-3-13-4-6-15(7-5-13)21-12-14(10-17(21)22)18(23)20(2)16-8-9-19-11-16;/h4-7,14,16,19H,3,8-12H2,1-2H3;1H. The maximum Gasteiger partial charge on any atom is 0.228 e. The molecular formula is C18H26ClN3O2. The van der Waals surface area contributed by atoms with Gasteiger partial charge in [-0.15, -0.1) is 12.4 Å². The molecule has 1 N–H and O–H groups in total. The Kier molecular flexibility index (Phi) is 6.24. The molecule has 24 heavy (non-hydrogen) atoms. The Hall–Kier alpha value is -1.59.